The molecule has 1 aromatic carbocycles. The van der Waals surface area contributed by atoms with Crippen molar-refractivity contribution in [3.05, 3.63) is 65.4 Å². The summed E-state index contributed by atoms with van der Waals surface area (Å²) in [7, 11) is 0. The minimum Gasteiger partial charge on any atom is -0.334 e. The molecular weight excluding hydrogens is 344 g/mol. The van der Waals surface area contributed by atoms with Crippen molar-refractivity contribution >= 4 is 11.6 Å². The second-order valence-electron chi connectivity index (χ2n) is 6.57. The zero-order valence-corrected chi connectivity index (χ0v) is 14.6. The second kappa shape index (κ2) is 5.97. The monoisotopic (exact) mass is 360 g/mol. The first-order chi connectivity index (χ1) is 13.2. The van der Waals surface area contributed by atoms with Crippen molar-refractivity contribution in [1.29, 1.82) is 0 Å². The Morgan fingerprint density at radius 2 is 2.15 bits per heavy atom. The molecule has 0 bridgehead atoms. The molecule has 0 atom stereocenters. The molecule has 27 heavy (non-hydrogen) atoms. The van der Waals surface area contributed by atoms with E-state index in [-0.39, 0.29) is 5.91 Å². The number of aryl methyl sites for hydroxylation is 1. The number of nitrogens with zero attached hydrogens (tertiary/aromatic N) is 8. The summed E-state index contributed by atoms with van der Waals surface area (Å²) in [6, 6.07) is 9.26. The number of aromatic nitrogens is 7. The quantitative estimate of drug-likeness (QED) is 0.533. The van der Waals surface area contributed by atoms with Crippen LogP contribution in [0.5, 0.6) is 0 Å². The summed E-state index contributed by atoms with van der Waals surface area (Å²) < 4.78 is 3.42. The predicted octanol–water partition coefficient (Wildman–Crippen LogP) is 1.21. The van der Waals surface area contributed by atoms with Crippen LogP contribution in [0, 0.1) is 6.92 Å². The van der Waals surface area contributed by atoms with E-state index in [2.05, 4.69) is 25.6 Å². The molecule has 9 nitrogen and oxygen atoms in total. The summed E-state index contributed by atoms with van der Waals surface area (Å²) in [4.78, 5) is 19.3. The van der Waals surface area contributed by atoms with E-state index < -0.39 is 0 Å². The van der Waals surface area contributed by atoms with Gasteiger partial charge >= 0.3 is 0 Å². The first-order valence-corrected chi connectivity index (χ1v) is 8.65. The van der Waals surface area contributed by atoms with Crippen LogP contribution in [0.2, 0.25) is 0 Å². The van der Waals surface area contributed by atoms with E-state index in [0.717, 1.165) is 34.7 Å². The summed E-state index contributed by atoms with van der Waals surface area (Å²) in [5, 5.41) is 15.7. The number of amides is 1. The topological polar surface area (TPSA) is 94.1 Å². The third kappa shape index (κ3) is 2.64. The molecule has 1 aliphatic heterocycles. The predicted molar refractivity (Wildman–Crippen MR) is 95.3 cm³/mol. The number of carbonyl (C=O) groups is 1. The molecule has 0 aliphatic carbocycles. The van der Waals surface area contributed by atoms with Crippen LogP contribution >= 0.6 is 0 Å². The van der Waals surface area contributed by atoms with Crippen LogP contribution in [0.15, 0.2) is 42.9 Å². The van der Waals surface area contributed by atoms with Gasteiger partial charge in [-0.2, -0.15) is 5.10 Å². The fraction of sp³-hybridized carbons (Fsp3) is 0.222. The van der Waals surface area contributed by atoms with Crippen molar-refractivity contribution in [2.24, 2.45) is 0 Å². The Bertz CT molecular complexity index is 1150. The number of tetrazole rings is 1. The molecular formula is C18H16N8O. The van der Waals surface area contributed by atoms with Crippen molar-refractivity contribution < 1.29 is 4.79 Å². The first-order valence-electron chi connectivity index (χ1n) is 8.65. The summed E-state index contributed by atoms with van der Waals surface area (Å²) in [5.74, 6) is -0.0210. The highest BCUT2D eigenvalue weighted by Gasteiger charge is 2.24. The molecule has 0 unspecified atom stereocenters. The van der Waals surface area contributed by atoms with Crippen LogP contribution in [-0.4, -0.2) is 52.2 Å². The number of fused-ring (bicyclic) bond motifs is 3. The van der Waals surface area contributed by atoms with Gasteiger partial charge in [-0.25, -0.2) is 14.2 Å². The SMILES string of the molecule is Cc1cc2ncc3c(n2n1)CCN(C(=O)c1cccc(-n2cnnn2)c1)C3. The average molecular weight is 360 g/mol. The Morgan fingerprint density at radius 3 is 3.00 bits per heavy atom. The normalized spacial score (nSPS) is 13.7. The van der Waals surface area contributed by atoms with Crippen LogP contribution in [-0.2, 0) is 13.0 Å². The molecule has 134 valence electrons. The van der Waals surface area contributed by atoms with E-state index in [9.17, 15) is 4.79 Å². The Hall–Kier alpha value is -3.62. The third-order valence-corrected chi connectivity index (χ3v) is 4.77. The summed E-state index contributed by atoms with van der Waals surface area (Å²) in [6.07, 6.45) is 4.10. The third-order valence-electron chi connectivity index (χ3n) is 4.77. The van der Waals surface area contributed by atoms with Gasteiger partial charge in [-0.05, 0) is 35.5 Å². The lowest BCUT2D eigenvalue weighted by Gasteiger charge is -2.29. The Balaban J connectivity index is 1.44. The molecule has 1 aliphatic rings. The number of carbonyl (C=O) groups excluding carboxylic acids is 1. The maximum atomic E-state index is 13.0. The van der Waals surface area contributed by atoms with Crippen LogP contribution in [0.1, 0.15) is 27.3 Å². The van der Waals surface area contributed by atoms with E-state index in [1.54, 1.807) is 6.07 Å². The van der Waals surface area contributed by atoms with E-state index in [1.165, 1.54) is 11.0 Å². The number of hydrogen-bond acceptors (Lipinski definition) is 6. The standard InChI is InChI=1S/C18H16N8O/c1-12-7-17-19-9-14-10-24(6-5-16(14)26(17)21-12)18(27)13-3-2-4-15(8-13)25-11-20-22-23-25/h2-4,7-9,11H,5-6,10H2,1H3. The number of rotatable bonds is 2. The highest BCUT2D eigenvalue weighted by atomic mass is 16.2. The molecule has 4 aromatic rings. The van der Waals surface area contributed by atoms with Gasteiger partial charge in [0.05, 0.1) is 17.1 Å². The average Bonchev–Trinajstić information content (AvgIpc) is 3.36. The zero-order valence-electron chi connectivity index (χ0n) is 14.6. The van der Waals surface area contributed by atoms with Crippen molar-refractivity contribution in [3.63, 3.8) is 0 Å². The van der Waals surface area contributed by atoms with Crippen LogP contribution in [0.3, 0.4) is 0 Å². The highest BCUT2D eigenvalue weighted by Crippen LogP contribution is 2.22. The van der Waals surface area contributed by atoms with Crippen molar-refractivity contribution in [3.8, 4) is 5.69 Å². The number of hydrogen-bond donors (Lipinski definition) is 0. The second-order valence-corrected chi connectivity index (χ2v) is 6.57. The Labute approximate surface area is 154 Å². The zero-order chi connectivity index (χ0) is 18.4. The fourth-order valence-corrected chi connectivity index (χ4v) is 3.47. The van der Waals surface area contributed by atoms with Gasteiger partial charge in [0.1, 0.15) is 6.33 Å². The minimum atomic E-state index is -0.0210. The molecule has 0 fully saturated rings. The maximum absolute atomic E-state index is 13.0. The summed E-state index contributed by atoms with van der Waals surface area (Å²) in [6.45, 7) is 3.11. The van der Waals surface area contributed by atoms with Gasteiger partial charge in [0, 0.05) is 42.9 Å². The Kier molecular flexibility index (Phi) is 3.46. The van der Waals surface area contributed by atoms with Gasteiger partial charge in [0.2, 0.25) is 0 Å². The molecule has 0 N–H and O–H groups in total. The summed E-state index contributed by atoms with van der Waals surface area (Å²) >= 11 is 0. The largest absolute Gasteiger partial charge is 0.334 e. The van der Waals surface area contributed by atoms with Gasteiger partial charge in [0.25, 0.3) is 5.91 Å². The van der Waals surface area contributed by atoms with Gasteiger partial charge in [-0.3, -0.25) is 4.79 Å². The lowest BCUT2D eigenvalue weighted by atomic mass is 10.1. The molecule has 4 heterocycles. The Morgan fingerprint density at radius 1 is 1.22 bits per heavy atom. The van der Waals surface area contributed by atoms with Crippen LogP contribution in [0.4, 0.5) is 0 Å². The lowest BCUT2D eigenvalue weighted by molar-refractivity contribution is 0.0732. The number of benzene rings is 1. The van der Waals surface area contributed by atoms with Crippen molar-refractivity contribution in [1.82, 2.24) is 39.7 Å². The molecule has 3 aromatic heterocycles. The maximum Gasteiger partial charge on any atom is 0.254 e. The minimum absolute atomic E-state index is 0.0210. The summed E-state index contributed by atoms with van der Waals surface area (Å²) in [5.41, 5.74) is 5.30. The van der Waals surface area contributed by atoms with Gasteiger partial charge in [0.15, 0.2) is 5.65 Å². The smallest absolute Gasteiger partial charge is 0.254 e. The van der Waals surface area contributed by atoms with Crippen LogP contribution < -0.4 is 0 Å². The molecule has 0 radical (unpaired) electrons. The molecule has 9 heteroatoms. The molecule has 0 saturated heterocycles. The van der Waals surface area contributed by atoms with E-state index in [0.29, 0.717) is 18.7 Å². The highest BCUT2D eigenvalue weighted by molar-refractivity contribution is 5.94. The molecule has 5 rings (SSSR count). The van der Waals surface area contributed by atoms with Crippen LogP contribution in [0.25, 0.3) is 11.3 Å². The van der Waals surface area contributed by atoms with Gasteiger partial charge < -0.3 is 4.90 Å². The molecule has 0 spiro atoms. The first kappa shape index (κ1) is 15.6. The van der Waals surface area contributed by atoms with E-state index in [4.69, 9.17) is 0 Å². The van der Waals surface area contributed by atoms with Gasteiger partial charge in [-0.15, -0.1) is 5.10 Å². The fourth-order valence-electron chi connectivity index (χ4n) is 3.47. The van der Waals surface area contributed by atoms with E-state index >= 15 is 0 Å². The van der Waals surface area contributed by atoms with Crippen molar-refractivity contribution in [2.75, 3.05) is 6.54 Å². The van der Waals surface area contributed by atoms with Gasteiger partial charge in [-0.1, -0.05) is 6.07 Å². The lowest BCUT2D eigenvalue weighted by Crippen LogP contribution is -2.37. The van der Waals surface area contributed by atoms with Crippen molar-refractivity contribution in [2.45, 2.75) is 19.9 Å². The molecule has 1 amide bonds. The van der Waals surface area contributed by atoms with E-state index in [1.807, 2.05) is 46.8 Å². The molecule has 0 saturated carbocycles.